The summed E-state index contributed by atoms with van der Waals surface area (Å²) in [6.07, 6.45) is 1.77. The zero-order chi connectivity index (χ0) is 16.4. The fourth-order valence-electron chi connectivity index (χ4n) is 2.70. The lowest BCUT2D eigenvalue weighted by molar-refractivity contribution is -0.128. The first-order valence-electron chi connectivity index (χ1n) is 7.36. The van der Waals surface area contributed by atoms with E-state index in [2.05, 4.69) is 15.3 Å². The van der Waals surface area contributed by atoms with Gasteiger partial charge in [0.1, 0.15) is 5.69 Å². The van der Waals surface area contributed by atoms with E-state index in [0.29, 0.717) is 35.9 Å². The van der Waals surface area contributed by atoms with Gasteiger partial charge in [-0.3, -0.25) is 9.59 Å². The van der Waals surface area contributed by atoms with Crippen LogP contribution in [0.4, 0.5) is 0 Å². The van der Waals surface area contributed by atoms with Gasteiger partial charge >= 0.3 is 0 Å². The second-order valence-corrected chi connectivity index (χ2v) is 6.02. The molecule has 1 saturated heterocycles. The summed E-state index contributed by atoms with van der Waals surface area (Å²) in [5, 5.41) is 3.50. The third kappa shape index (κ3) is 3.37. The largest absolute Gasteiger partial charge is 0.348 e. The molecule has 0 spiro atoms. The van der Waals surface area contributed by atoms with Gasteiger partial charge in [-0.25, -0.2) is 4.98 Å². The van der Waals surface area contributed by atoms with Crippen LogP contribution in [0.3, 0.4) is 0 Å². The van der Waals surface area contributed by atoms with E-state index < -0.39 is 0 Å². The number of aromatic amines is 1. The number of carbonyl (C=O) groups excluding carboxylic acids is 2. The first kappa shape index (κ1) is 15.6. The fraction of sp³-hybridized carbons (Fsp3) is 0.312. The van der Waals surface area contributed by atoms with Gasteiger partial charge in [0.25, 0.3) is 5.91 Å². The summed E-state index contributed by atoms with van der Waals surface area (Å²) >= 11 is 6.14. The molecule has 1 aromatic heterocycles. The third-order valence-corrected chi connectivity index (χ3v) is 4.28. The van der Waals surface area contributed by atoms with Crippen molar-refractivity contribution in [2.45, 2.75) is 25.9 Å². The summed E-state index contributed by atoms with van der Waals surface area (Å²) in [4.78, 5) is 32.9. The molecule has 1 atom stereocenters. The van der Waals surface area contributed by atoms with Gasteiger partial charge in [0.2, 0.25) is 5.91 Å². The predicted octanol–water partition coefficient (Wildman–Crippen LogP) is 1.90. The molecule has 23 heavy (non-hydrogen) atoms. The molecule has 2 amide bonds. The van der Waals surface area contributed by atoms with Gasteiger partial charge in [-0.05, 0) is 18.6 Å². The number of aryl methyl sites for hydroxylation is 1. The number of nitrogens with zero attached hydrogens (tertiary/aromatic N) is 2. The van der Waals surface area contributed by atoms with Crippen molar-refractivity contribution in [2.24, 2.45) is 0 Å². The standard InChI is InChI=1S/C16H17ClN4O2/c1-10-15(19-9-18-10)16(23)20-12-6-14(22)21(8-12)7-11-4-2-3-5-13(11)17/h2-5,9,12H,6-8H2,1H3,(H,18,19)(H,20,23)/t12-/m1/s1. The zero-order valence-corrected chi connectivity index (χ0v) is 13.4. The van der Waals surface area contributed by atoms with Gasteiger partial charge in [-0.2, -0.15) is 0 Å². The number of imidazole rings is 1. The monoisotopic (exact) mass is 332 g/mol. The number of rotatable bonds is 4. The molecule has 2 heterocycles. The number of likely N-dealkylation sites (tertiary alicyclic amines) is 1. The average molecular weight is 333 g/mol. The van der Waals surface area contributed by atoms with Crippen molar-refractivity contribution in [1.82, 2.24) is 20.2 Å². The summed E-state index contributed by atoms with van der Waals surface area (Å²) in [5.41, 5.74) is 1.97. The Balaban J connectivity index is 1.63. The Labute approximate surface area is 138 Å². The highest BCUT2D eigenvalue weighted by molar-refractivity contribution is 6.31. The van der Waals surface area contributed by atoms with Gasteiger partial charge in [-0.1, -0.05) is 29.8 Å². The van der Waals surface area contributed by atoms with Crippen LogP contribution < -0.4 is 5.32 Å². The highest BCUT2D eigenvalue weighted by Crippen LogP contribution is 2.20. The molecular formula is C16H17ClN4O2. The molecular weight excluding hydrogens is 316 g/mol. The van der Waals surface area contributed by atoms with Crippen LogP contribution in [-0.2, 0) is 11.3 Å². The number of nitrogens with one attached hydrogen (secondary N) is 2. The van der Waals surface area contributed by atoms with Crippen LogP contribution in [0.5, 0.6) is 0 Å². The number of halogens is 1. The van der Waals surface area contributed by atoms with Crippen molar-refractivity contribution in [3.8, 4) is 0 Å². The van der Waals surface area contributed by atoms with Crippen LogP contribution in [0, 0.1) is 6.92 Å². The number of amides is 2. The van der Waals surface area contributed by atoms with Crippen LogP contribution in [0.25, 0.3) is 0 Å². The SMILES string of the molecule is Cc1[nH]cnc1C(=O)N[C@@H]1CC(=O)N(Cc2ccccc2Cl)C1. The van der Waals surface area contributed by atoms with Gasteiger partial charge in [0.15, 0.2) is 0 Å². The first-order chi connectivity index (χ1) is 11.0. The number of H-pyrrole nitrogens is 1. The molecule has 7 heteroatoms. The van der Waals surface area contributed by atoms with Crippen molar-refractivity contribution in [1.29, 1.82) is 0 Å². The van der Waals surface area contributed by atoms with Crippen LogP contribution in [-0.4, -0.2) is 39.3 Å². The highest BCUT2D eigenvalue weighted by atomic mass is 35.5. The summed E-state index contributed by atoms with van der Waals surface area (Å²) < 4.78 is 0. The minimum Gasteiger partial charge on any atom is -0.348 e. The molecule has 3 rings (SSSR count). The maximum absolute atomic E-state index is 12.2. The Bertz CT molecular complexity index is 743. The summed E-state index contributed by atoms with van der Waals surface area (Å²) in [6, 6.07) is 7.23. The Hall–Kier alpha value is -2.34. The second kappa shape index (κ2) is 6.42. The molecule has 0 radical (unpaired) electrons. The van der Waals surface area contributed by atoms with Crippen molar-refractivity contribution < 1.29 is 9.59 Å². The maximum Gasteiger partial charge on any atom is 0.272 e. The molecule has 120 valence electrons. The highest BCUT2D eigenvalue weighted by Gasteiger charge is 2.31. The quantitative estimate of drug-likeness (QED) is 0.897. The van der Waals surface area contributed by atoms with Gasteiger partial charge in [0.05, 0.1) is 12.4 Å². The minimum atomic E-state index is -0.263. The Morgan fingerprint density at radius 1 is 1.48 bits per heavy atom. The van der Waals surface area contributed by atoms with Crippen LogP contribution >= 0.6 is 11.6 Å². The van der Waals surface area contributed by atoms with Gasteiger partial charge < -0.3 is 15.2 Å². The van der Waals surface area contributed by atoms with E-state index in [9.17, 15) is 9.59 Å². The topological polar surface area (TPSA) is 78.1 Å². The molecule has 1 fully saturated rings. The van der Waals surface area contributed by atoms with Crippen molar-refractivity contribution in [3.63, 3.8) is 0 Å². The van der Waals surface area contributed by atoms with Crippen molar-refractivity contribution in [3.05, 3.63) is 52.6 Å². The van der Waals surface area contributed by atoms with E-state index in [0.717, 1.165) is 5.56 Å². The predicted molar refractivity (Wildman–Crippen MR) is 86.1 cm³/mol. The molecule has 1 aromatic carbocycles. The van der Waals surface area contributed by atoms with Crippen LogP contribution in [0.1, 0.15) is 28.2 Å². The Morgan fingerprint density at radius 3 is 2.96 bits per heavy atom. The normalized spacial score (nSPS) is 17.6. The zero-order valence-electron chi connectivity index (χ0n) is 12.7. The van der Waals surface area contributed by atoms with Gasteiger partial charge in [-0.15, -0.1) is 0 Å². The van der Waals surface area contributed by atoms with Gasteiger partial charge in [0, 0.05) is 30.2 Å². The van der Waals surface area contributed by atoms with E-state index in [1.54, 1.807) is 17.9 Å². The lowest BCUT2D eigenvalue weighted by Gasteiger charge is -2.17. The molecule has 0 bridgehead atoms. The lowest BCUT2D eigenvalue weighted by Crippen LogP contribution is -2.37. The number of carbonyl (C=O) groups is 2. The summed E-state index contributed by atoms with van der Waals surface area (Å²) in [6.45, 7) is 2.71. The molecule has 0 aliphatic carbocycles. The number of hydrogen-bond acceptors (Lipinski definition) is 3. The summed E-state index contributed by atoms with van der Waals surface area (Å²) in [5.74, 6) is -0.255. The van der Waals surface area contributed by atoms with E-state index in [4.69, 9.17) is 11.6 Å². The second-order valence-electron chi connectivity index (χ2n) is 5.62. The maximum atomic E-state index is 12.2. The fourth-order valence-corrected chi connectivity index (χ4v) is 2.89. The smallest absolute Gasteiger partial charge is 0.272 e. The molecule has 6 nitrogen and oxygen atoms in total. The lowest BCUT2D eigenvalue weighted by atomic mass is 10.2. The first-order valence-corrected chi connectivity index (χ1v) is 7.74. The van der Waals surface area contributed by atoms with E-state index in [1.165, 1.54) is 6.33 Å². The van der Waals surface area contributed by atoms with E-state index >= 15 is 0 Å². The minimum absolute atomic E-state index is 0.00831. The van der Waals surface area contributed by atoms with Crippen molar-refractivity contribution >= 4 is 23.4 Å². The molecule has 1 aliphatic rings. The Morgan fingerprint density at radius 2 is 2.26 bits per heavy atom. The Kier molecular flexibility index (Phi) is 4.34. The molecule has 0 unspecified atom stereocenters. The van der Waals surface area contributed by atoms with Crippen LogP contribution in [0.15, 0.2) is 30.6 Å². The summed E-state index contributed by atoms with van der Waals surface area (Å²) in [7, 11) is 0. The third-order valence-electron chi connectivity index (χ3n) is 3.91. The van der Waals surface area contributed by atoms with E-state index in [-0.39, 0.29) is 17.9 Å². The average Bonchev–Trinajstić information content (AvgIpc) is 3.08. The van der Waals surface area contributed by atoms with E-state index in [1.807, 2.05) is 18.2 Å². The molecule has 2 aromatic rings. The number of benzene rings is 1. The molecule has 2 N–H and O–H groups in total. The molecule has 0 saturated carbocycles. The number of hydrogen-bond donors (Lipinski definition) is 2. The van der Waals surface area contributed by atoms with Crippen LogP contribution in [0.2, 0.25) is 5.02 Å². The number of aromatic nitrogens is 2. The van der Waals surface area contributed by atoms with Crippen molar-refractivity contribution in [2.75, 3.05) is 6.54 Å². The molecule has 1 aliphatic heterocycles.